The first kappa shape index (κ1) is 15.2. The van der Waals surface area contributed by atoms with Crippen LogP contribution in [0.3, 0.4) is 0 Å². The normalized spacial score (nSPS) is 11.5. The van der Waals surface area contributed by atoms with Crippen molar-refractivity contribution in [3.05, 3.63) is 11.8 Å². The van der Waals surface area contributed by atoms with E-state index in [-0.39, 0.29) is 18.4 Å². The first-order valence-electron chi connectivity index (χ1n) is 6.33. The minimum Gasteiger partial charge on any atom is -0.347 e. The van der Waals surface area contributed by atoms with Gasteiger partial charge in [-0.25, -0.2) is 0 Å². The van der Waals surface area contributed by atoms with Crippen LogP contribution in [-0.2, 0) is 9.59 Å². The van der Waals surface area contributed by atoms with Gasteiger partial charge in [-0.15, -0.1) is 0 Å². The average Bonchev–Trinajstić information content (AvgIpc) is 2.73. The number of anilines is 1. The smallest absolute Gasteiger partial charge is 0.244 e. The monoisotopic (exact) mass is 266 g/mol. The maximum Gasteiger partial charge on any atom is 0.244 e. The third kappa shape index (κ3) is 4.73. The number of hydrogen-bond donors (Lipinski definition) is 3. The summed E-state index contributed by atoms with van der Waals surface area (Å²) in [6.07, 6.45) is 0. The third-order valence-corrected chi connectivity index (χ3v) is 2.58. The van der Waals surface area contributed by atoms with Crippen LogP contribution in [0.2, 0.25) is 0 Å². The average molecular weight is 266 g/mol. The molecule has 6 nitrogen and oxygen atoms in total. The predicted octanol–water partition coefficient (Wildman–Crippen LogP) is 1.63. The molecule has 0 atom stereocenters. The number of aromatic amines is 1. The number of nitrogens with zero attached hydrogens (tertiary/aromatic N) is 1. The molecule has 1 aromatic heterocycles. The second-order valence-corrected chi connectivity index (χ2v) is 5.84. The summed E-state index contributed by atoms with van der Waals surface area (Å²) >= 11 is 0. The molecule has 106 valence electrons. The van der Waals surface area contributed by atoms with E-state index in [0.717, 1.165) is 5.69 Å². The van der Waals surface area contributed by atoms with E-state index in [2.05, 4.69) is 20.8 Å². The van der Waals surface area contributed by atoms with Gasteiger partial charge in [-0.2, -0.15) is 5.10 Å². The van der Waals surface area contributed by atoms with Crippen molar-refractivity contribution < 1.29 is 9.59 Å². The minimum atomic E-state index is -0.503. The molecule has 0 aliphatic carbocycles. The van der Waals surface area contributed by atoms with Gasteiger partial charge in [0.1, 0.15) is 0 Å². The van der Waals surface area contributed by atoms with Gasteiger partial charge in [-0.3, -0.25) is 14.7 Å². The number of carbonyl (C=O) groups is 2. The fourth-order valence-corrected chi connectivity index (χ4v) is 1.31. The van der Waals surface area contributed by atoms with Crippen molar-refractivity contribution in [1.82, 2.24) is 15.5 Å². The maximum absolute atomic E-state index is 11.6. The summed E-state index contributed by atoms with van der Waals surface area (Å²) in [5.41, 5.74) is 0.450. The van der Waals surface area contributed by atoms with Crippen LogP contribution in [0, 0.1) is 5.41 Å². The first-order valence-corrected chi connectivity index (χ1v) is 6.33. The molecular weight excluding hydrogens is 244 g/mol. The first-order chi connectivity index (χ1) is 8.70. The van der Waals surface area contributed by atoms with Crippen molar-refractivity contribution >= 4 is 17.6 Å². The summed E-state index contributed by atoms with van der Waals surface area (Å²) in [7, 11) is 0. The van der Waals surface area contributed by atoms with Crippen LogP contribution in [0.25, 0.3) is 0 Å². The Morgan fingerprint density at radius 1 is 1.37 bits per heavy atom. The van der Waals surface area contributed by atoms with E-state index in [0.29, 0.717) is 11.7 Å². The molecule has 0 aliphatic heterocycles. The molecule has 0 fully saturated rings. The van der Waals surface area contributed by atoms with Crippen molar-refractivity contribution in [3.63, 3.8) is 0 Å². The van der Waals surface area contributed by atoms with Crippen molar-refractivity contribution in [3.8, 4) is 0 Å². The molecule has 0 saturated carbocycles. The zero-order valence-corrected chi connectivity index (χ0v) is 12.1. The summed E-state index contributed by atoms with van der Waals surface area (Å²) < 4.78 is 0. The summed E-state index contributed by atoms with van der Waals surface area (Å²) in [6, 6.07) is 1.79. The Balaban J connectivity index is 2.45. The molecule has 0 aromatic carbocycles. The molecule has 1 heterocycles. The van der Waals surface area contributed by atoms with E-state index in [4.69, 9.17) is 0 Å². The van der Waals surface area contributed by atoms with Crippen LogP contribution < -0.4 is 10.6 Å². The highest BCUT2D eigenvalue weighted by Crippen LogP contribution is 2.14. The number of amides is 2. The van der Waals surface area contributed by atoms with Crippen molar-refractivity contribution in [1.29, 1.82) is 0 Å². The number of nitrogens with one attached hydrogen (secondary N) is 3. The van der Waals surface area contributed by atoms with Gasteiger partial charge in [-0.1, -0.05) is 34.6 Å². The zero-order valence-electron chi connectivity index (χ0n) is 12.1. The van der Waals surface area contributed by atoms with Crippen LogP contribution in [0.5, 0.6) is 0 Å². The third-order valence-electron chi connectivity index (χ3n) is 2.58. The standard InChI is InChI=1S/C13H22N4O2/c1-8(2)9-6-10(17-16-9)15-11(18)7-14-12(19)13(3,4)5/h6,8H,7H2,1-5H3,(H,14,19)(H2,15,16,17,18). The number of carbonyl (C=O) groups excluding carboxylic acids is 2. The van der Waals surface area contributed by atoms with Crippen LogP contribution in [0.15, 0.2) is 6.07 Å². The van der Waals surface area contributed by atoms with E-state index in [1.54, 1.807) is 26.8 Å². The number of aromatic nitrogens is 2. The molecule has 0 saturated heterocycles. The Bertz CT molecular complexity index is 457. The molecule has 1 rings (SSSR count). The Labute approximate surface area is 113 Å². The fraction of sp³-hybridized carbons (Fsp3) is 0.615. The summed E-state index contributed by atoms with van der Waals surface area (Å²) in [4.78, 5) is 23.2. The predicted molar refractivity (Wildman–Crippen MR) is 73.8 cm³/mol. The van der Waals surface area contributed by atoms with Crippen LogP contribution >= 0.6 is 0 Å². The second kappa shape index (κ2) is 5.86. The van der Waals surface area contributed by atoms with E-state index >= 15 is 0 Å². The SMILES string of the molecule is CC(C)c1cc(NC(=O)CNC(=O)C(C)(C)C)n[nH]1. The highest BCUT2D eigenvalue weighted by atomic mass is 16.2. The molecule has 1 aromatic rings. The Morgan fingerprint density at radius 3 is 2.47 bits per heavy atom. The number of rotatable bonds is 4. The number of hydrogen-bond acceptors (Lipinski definition) is 3. The maximum atomic E-state index is 11.6. The van der Waals surface area contributed by atoms with Gasteiger partial charge in [0.15, 0.2) is 5.82 Å². The highest BCUT2D eigenvalue weighted by molar-refractivity contribution is 5.94. The Hall–Kier alpha value is -1.85. The molecule has 0 radical (unpaired) electrons. The topological polar surface area (TPSA) is 86.9 Å². The lowest BCUT2D eigenvalue weighted by atomic mass is 9.96. The van der Waals surface area contributed by atoms with Crippen LogP contribution in [0.1, 0.15) is 46.2 Å². The van der Waals surface area contributed by atoms with Gasteiger partial charge in [0.2, 0.25) is 11.8 Å². The van der Waals surface area contributed by atoms with E-state index in [9.17, 15) is 9.59 Å². The van der Waals surface area contributed by atoms with Gasteiger partial charge in [0, 0.05) is 17.2 Å². The lowest BCUT2D eigenvalue weighted by Gasteiger charge is -2.17. The van der Waals surface area contributed by atoms with Crippen LogP contribution in [-0.4, -0.2) is 28.6 Å². The molecule has 19 heavy (non-hydrogen) atoms. The molecule has 6 heteroatoms. The Morgan fingerprint density at radius 2 is 2.00 bits per heavy atom. The van der Waals surface area contributed by atoms with Gasteiger partial charge in [-0.05, 0) is 5.92 Å². The lowest BCUT2D eigenvalue weighted by Crippen LogP contribution is -2.39. The van der Waals surface area contributed by atoms with Crippen molar-refractivity contribution in [2.24, 2.45) is 5.41 Å². The van der Waals surface area contributed by atoms with Gasteiger partial charge in [0.05, 0.1) is 6.54 Å². The van der Waals surface area contributed by atoms with Crippen LogP contribution in [0.4, 0.5) is 5.82 Å². The highest BCUT2D eigenvalue weighted by Gasteiger charge is 2.21. The fourth-order valence-electron chi connectivity index (χ4n) is 1.31. The molecule has 0 bridgehead atoms. The van der Waals surface area contributed by atoms with Gasteiger partial charge < -0.3 is 10.6 Å². The number of H-pyrrole nitrogens is 1. The molecule has 2 amide bonds. The second-order valence-electron chi connectivity index (χ2n) is 5.84. The summed E-state index contributed by atoms with van der Waals surface area (Å²) in [5, 5.41) is 12.0. The minimum absolute atomic E-state index is 0.0556. The Kier molecular flexibility index (Phi) is 4.69. The molecular formula is C13H22N4O2. The van der Waals surface area contributed by atoms with Gasteiger partial charge >= 0.3 is 0 Å². The van der Waals surface area contributed by atoms with E-state index in [1.807, 2.05) is 13.8 Å². The zero-order chi connectivity index (χ0) is 14.6. The van der Waals surface area contributed by atoms with Crippen molar-refractivity contribution in [2.75, 3.05) is 11.9 Å². The molecule has 0 unspecified atom stereocenters. The van der Waals surface area contributed by atoms with Crippen molar-refractivity contribution in [2.45, 2.75) is 40.5 Å². The lowest BCUT2D eigenvalue weighted by molar-refractivity contribution is -0.130. The quantitative estimate of drug-likeness (QED) is 0.774. The molecule has 3 N–H and O–H groups in total. The van der Waals surface area contributed by atoms with E-state index in [1.165, 1.54) is 0 Å². The molecule has 0 spiro atoms. The summed E-state index contributed by atoms with van der Waals surface area (Å²) in [5.74, 6) is 0.337. The largest absolute Gasteiger partial charge is 0.347 e. The van der Waals surface area contributed by atoms with E-state index < -0.39 is 5.41 Å². The summed E-state index contributed by atoms with van der Waals surface area (Å²) in [6.45, 7) is 9.39. The molecule has 0 aliphatic rings. The van der Waals surface area contributed by atoms with Gasteiger partial charge in [0.25, 0.3) is 0 Å².